The van der Waals surface area contributed by atoms with Gasteiger partial charge < -0.3 is 13.4 Å². The number of fused-ring (bicyclic) bond motifs is 21. The first-order valence-electron chi connectivity index (χ1n) is 29.5. The van der Waals surface area contributed by atoms with Gasteiger partial charge in [-0.25, -0.2) is 24.9 Å². The minimum Gasteiger partial charge on any atom is -0.454 e. The average molecular weight is 1130 g/mol. The second-order valence-corrected chi connectivity index (χ2v) is 22.2. The van der Waals surface area contributed by atoms with Gasteiger partial charge in [-0.1, -0.05) is 243 Å². The summed E-state index contributed by atoms with van der Waals surface area (Å²) in [6.45, 7) is 0. The number of nitrogens with zero attached hydrogens (tertiary/aromatic N) is 7. The van der Waals surface area contributed by atoms with E-state index in [9.17, 15) is 0 Å². The monoisotopic (exact) mass is 1130 g/mol. The van der Waals surface area contributed by atoms with E-state index in [1.165, 1.54) is 32.3 Å². The molecular formula is C79H47N7O2. The van der Waals surface area contributed by atoms with Crippen molar-refractivity contribution in [3.63, 3.8) is 0 Å². The van der Waals surface area contributed by atoms with Gasteiger partial charge in [-0.05, 0) is 64.0 Å². The molecule has 0 radical (unpaired) electrons. The van der Waals surface area contributed by atoms with Crippen LogP contribution in [0.2, 0.25) is 0 Å². The maximum atomic E-state index is 6.76. The summed E-state index contributed by atoms with van der Waals surface area (Å²) in [7, 11) is 0. The van der Waals surface area contributed by atoms with Crippen LogP contribution in [0.3, 0.4) is 0 Å². The molecule has 410 valence electrons. The third-order valence-corrected chi connectivity index (χ3v) is 17.2. The van der Waals surface area contributed by atoms with Crippen molar-refractivity contribution in [3.05, 3.63) is 285 Å². The van der Waals surface area contributed by atoms with E-state index in [4.69, 9.17) is 33.8 Å². The number of furan rings is 2. The Bertz CT molecular complexity index is 5950. The highest BCUT2D eigenvalue weighted by Crippen LogP contribution is 2.48. The Morgan fingerprint density at radius 3 is 1.18 bits per heavy atom. The summed E-state index contributed by atoms with van der Waals surface area (Å²) in [6, 6.07) is 98.3. The molecule has 0 aliphatic heterocycles. The molecule has 0 aliphatic rings. The minimum atomic E-state index is 0.615. The lowest BCUT2D eigenvalue weighted by molar-refractivity contribution is 0.670. The summed E-state index contributed by atoms with van der Waals surface area (Å²) >= 11 is 0. The average Bonchev–Trinajstić information content (AvgIpc) is 1.71. The Balaban J connectivity index is 0.000000134. The summed E-state index contributed by atoms with van der Waals surface area (Å²) in [6.07, 6.45) is 0. The first-order chi connectivity index (χ1) is 43.7. The molecule has 0 atom stereocenters. The SMILES string of the molecule is c1ccc(-c2nc(-c3ccccc3)nc(-c3cccc(-n4c5ccccc5c5c6ccccc6c6c7ccccc7oc6c54)c3)n2)cc1.c1ccc(-c2nc(-n3c4ccccc4c4c5ccccc5c5c6ccccc6oc5c43)nc3ccccc23)cc1. The number of rotatable bonds is 6. The van der Waals surface area contributed by atoms with Crippen LogP contribution in [0.15, 0.2) is 294 Å². The van der Waals surface area contributed by atoms with Gasteiger partial charge in [-0.2, -0.15) is 0 Å². The Kier molecular flexibility index (Phi) is 11.1. The summed E-state index contributed by atoms with van der Waals surface area (Å²) in [5, 5.41) is 14.9. The summed E-state index contributed by atoms with van der Waals surface area (Å²) in [4.78, 5) is 25.3. The molecule has 9 nitrogen and oxygen atoms in total. The fraction of sp³-hybridized carbons (Fsp3) is 0. The first kappa shape index (κ1) is 49.4. The molecule has 19 aromatic rings. The zero-order valence-electron chi connectivity index (χ0n) is 47.1. The van der Waals surface area contributed by atoms with Crippen molar-refractivity contribution in [1.29, 1.82) is 0 Å². The van der Waals surface area contributed by atoms with E-state index in [0.29, 0.717) is 23.4 Å². The highest BCUT2D eigenvalue weighted by Gasteiger charge is 2.26. The van der Waals surface area contributed by atoms with Gasteiger partial charge in [-0.3, -0.25) is 4.57 Å². The molecule has 0 aliphatic carbocycles. The molecule has 0 bridgehead atoms. The first-order valence-corrected chi connectivity index (χ1v) is 29.5. The van der Waals surface area contributed by atoms with Gasteiger partial charge in [0, 0.05) is 76.4 Å². The molecule has 0 amide bonds. The van der Waals surface area contributed by atoms with Crippen LogP contribution in [-0.4, -0.2) is 34.1 Å². The maximum Gasteiger partial charge on any atom is 0.235 e. The van der Waals surface area contributed by atoms with Crippen molar-refractivity contribution in [2.45, 2.75) is 0 Å². The van der Waals surface area contributed by atoms with E-state index in [1.807, 2.05) is 97.1 Å². The van der Waals surface area contributed by atoms with Crippen molar-refractivity contribution in [2.24, 2.45) is 0 Å². The molecule has 0 unspecified atom stereocenters. The Morgan fingerprint density at radius 2 is 0.648 bits per heavy atom. The van der Waals surface area contributed by atoms with Crippen LogP contribution in [0, 0.1) is 0 Å². The molecule has 6 heterocycles. The lowest BCUT2D eigenvalue weighted by Crippen LogP contribution is -2.03. The third-order valence-electron chi connectivity index (χ3n) is 17.2. The smallest absolute Gasteiger partial charge is 0.235 e. The molecular weight excluding hydrogens is 1080 g/mol. The van der Waals surface area contributed by atoms with Gasteiger partial charge in [0.2, 0.25) is 5.95 Å². The van der Waals surface area contributed by atoms with Crippen LogP contribution < -0.4 is 0 Å². The Labute approximate surface area is 502 Å². The van der Waals surface area contributed by atoms with Gasteiger partial charge in [-0.15, -0.1) is 0 Å². The fourth-order valence-corrected chi connectivity index (χ4v) is 13.4. The van der Waals surface area contributed by atoms with Crippen LogP contribution in [-0.2, 0) is 0 Å². The Hall–Kier alpha value is -12.1. The molecule has 6 aromatic heterocycles. The quantitative estimate of drug-likeness (QED) is 0.163. The predicted molar refractivity (Wildman–Crippen MR) is 359 cm³/mol. The van der Waals surface area contributed by atoms with Crippen molar-refractivity contribution in [3.8, 4) is 57.1 Å². The van der Waals surface area contributed by atoms with Crippen molar-refractivity contribution in [2.75, 3.05) is 0 Å². The van der Waals surface area contributed by atoms with Gasteiger partial charge in [0.05, 0.1) is 27.8 Å². The molecule has 0 N–H and O–H groups in total. The summed E-state index contributed by atoms with van der Waals surface area (Å²) in [5.74, 6) is 2.51. The zero-order chi connectivity index (χ0) is 57.8. The van der Waals surface area contributed by atoms with Crippen LogP contribution >= 0.6 is 0 Å². The zero-order valence-corrected chi connectivity index (χ0v) is 47.1. The van der Waals surface area contributed by atoms with E-state index >= 15 is 0 Å². The predicted octanol–water partition coefficient (Wildman–Crippen LogP) is 20.5. The molecule has 0 saturated heterocycles. The van der Waals surface area contributed by atoms with E-state index in [-0.39, 0.29) is 0 Å². The van der Waals surface area contributed by atoms with E-state index in [0.717, 1.165) is 121 Å². The number of hydrogen-bond donors (Lipinski definition) is 0. The molecule has 13 aromatic carbocycles. The van der Waals surface area contributed by atoms with Gasteiger partial charge >= 0.3 is 0 Å². The minimum absolute atomic E-state index is 0.615. The van der Waals surface area contributed by atoms with Crippen molar-refractivity contribution >= 4 is 120 Å². The van der Waals surface area contributed by atoms with E-state index in [2.05, 4.69) is 197 Å². The second-order valence-electron chi connectivity index (χ2n) is 22.2. The normalized spacial score (nSPS) is 11.9. The van der Waals surface area contributed by atoms with Gasteiger partial charge in [0.25, 0.3) is 0 Å². The van der Waals surface area contributed by atoms with Crippen molar-refractivity contribution < 1.29 is 8.83 Å². The lowest BCUT2D eigenvalue weighted by Gasteiger charge is -2.12. The van der Waals surface area contributed by atoms with Crippen LogP contribution in [0.4, 0.5) is 0 Å². The molecule has 88 heavy (non-hydrogen) atoms. The lowest BCUT2D eigenvalue weighted by atomic mass is 9.99. The third kappa shape index (κ3) is 7.64. The van der Waals surface area contributed by atoms with Crippen LogP contribution in [0.25, 0.3) is 177 Å². The number of hydrogen-bond acceptors (Lipinski definition) is 7. The topological polar surface area (TPSA) is 101 Å². The molecule has 0 spiro atoms. The molecule has 19 rings (SSSR count). The summed E-state index contributed by atoms with van der Waals surface area (Å²) < 4.78 is 18.0. The fourth-order valence-electron chi connectivity index (χ4n) is 13.4. The molecule has 0 fully saturated rings. The van der Waals surface area contributed by atoms with Crippen LogP contribution in [0.5, 0.6) is 0 Å². The standard InChI is InChI=1S/C43H26N4O.C36H21N3O/c1-3-14-27(15-4-1)41-44-42(28-16-5-2-6-17-28)46-43(45-41)29-18-13-19-30(26-29)47-35-24-11-9-22-33(35)37-31-20-7-8-21-32(31)38-34-23-10-12-25-36(34)48-40(38)39(37)47;1-2-12-22(13-3-1)33-25-16-6-9-19-28(25)37-36(38-33)39-29-20-10-7-17-26(29)31-23-14-4-5-15-24(23)32-27-18-8-11-21-30(27)40-35(32)34(31)39/h1-26H;1-21H. The van der Waals surface area contributed by atoms with E-state index < -0.39 is 0 Å². The Morgan fingerprint density at radius 1 is 0.261 bits per heavy atom. The number of para-hydroxylation sites is 5. The van der Waals surface area contributed by atoms with E-state index in [1.54, 1.807) is 0 Å². The highest BCUT2D eigenvalue weighted by molar-refractivity contribution is 6.36. The molecule has 9 heteroatoms. The molecule has 0 saturated carbocycles. The number of benzene rings is 13. The maximum absolute atomic E-state index is 6.76. The van der Waals surface area contributed by atoms with Gasteiger partial charge in [0.15, 0.2) is 28.6 Å². The van der Waals surface area contributed by atoms with Crippen molar-refractivity contribution in [1.82, 2.24) is 34.1 Å². The number of aromatic nitrogens is 7. The highest BCUT2D eigenvalue weighted by atomic mass is 16.3. The second kappa shape index (κ2) is 19.8. The summed E-state index contributed by atoms with van der Waals surface area (Å²) in [5.41, 5.74) is 14.3. The largest absolute Gasteiger partial charge is 0.454 e. The van der Waals surface area contributed by atoms with Crippen LogP contribution in [0.1, 0.15) is 0 Å². The van der Waals surface area contributed by atoms with Gasteiger partial charge in [0.1, 0.15) is 16.7 Å².